The summed E-state index contributed by atoms with van der Waals surface area (Å²) in [6, 6.07) is 2.53. The molecule has 1 aliphatic rings. The van der Waals surface area contributed by atoms with E-state index in [1.807, 2.05) is 40.8 Å². The van der Waals surface area contributed by atoms with Gasteiger partial charge in [-0.2, -0.15) is 9.97 Å². The Bertz CT molecular complexity index is 768. The lowest BCUT2D eigenvalue weighted by Gasteiger charge is -2.21. The van der Waals surface area contributed by atoms with E-state index in [1.54, 1.807) is 7.11 Å². The summed E-state index contributed by atoms with van der Waals surface area (Å²) >= 11 is 3.29. The molecule has 0 radical (unpaired) electrons. The Balaban J connectivity index is 0.00000117. The minimum absolute atomic E-state index is 0.0940. The first-order valence-electron chi connectivity index (χ1n) is 8.97. The average Bonchev–Trinajstić information content (AvgIpc) is 3.50. The zero-order valence-corrected chi connectivity index (χ0v) is 17.9. The maximum absolute atomic E-state index is 14.7. The average molecular weight is 428 g/mol. The first-order valence-corrected chi connectivity index (χ1v) is 9.76. The van der Waals surface area contributed by atoms with Gasteiger partial charge in [0.25, 0.3) is 0 Å². The standard InChI is InChI=1S/C17H21BrFN3O2.C2H6/c1-9-7-12-15(14(19)13(9)18)20-17(24-8-10(2)23-4)21-16(12)22(3)11-5-6-11;1-2/h7,10-11H,5-6,8H2,1-4H3;1-2H3. The number of aryl methyl sites for hydroxylation is 1. The molecule has 0 spiro atoms. The van der Waals surface area contributed by atoms with Gasteiger partial charge in [-0.05, 0) is 54.2 Å². The van der Waals surface area contributed by atoms with Crippen LogP contribution < -0.4 is 9.64 Å². The molecule has 2 aromatic rings. The third-order valence-corrected chi connectivity index (χ3v) is 5.26. The molecule has 0 amide bonds. The molecule has 1 atom stereocenters. The van der Waals surface area contributed by atoms with E-state index in [1.165, 1.54) is 0 Å². The van der Waals surface area contributed by atoms with Crippen LogP contribution in [-0.4, -0.2) is 42.9 Å². The van der Waals surface area contributed by atoms with Crippen molar-refractivity contribution in [1.29, 1.82) is 0 Å². The summed E-state index contributed by atoms with van der Waals surface area (Å²) in [5, 5.41) is 0.703. The van der Waals surface area contributed by atoms with Crippen LogP contribution in [0.15, 0.2) is 10.5 Å². The lowest BCUT2D eigenvalue weighted by atomic mass is 10.1. The third kappa shape index (κ3) is 4.43. The highest BCUT2D eigenvalue weighted by molar-refractivity contribution is 9.10. The van der Waals surface area contributed by atoms with E-state index >= 15 is 0 Å². The van der Waals surface area contributed by atoms with Gasteiger partial charge >= 0.3 is 6.01 Å². The van der Waals surface area contributed by atoms with Gasteiger partial charge in [0.15, 0.2) is 5.82 Å². The van der Waals surface area contributed by atoms with E-state index in [0.717, 1.165) is 18.4 Å². The molecule has 0 N–H and O–H groups in total. The van der Waals surface area contributed by atoms with E-state index < -0.39 is 0 Å². The molecule has 0 bridgehead atoms. The van der Waals surface area contributed by atoms with Crippen molar-refractivity contribution < 1.29 is 13.9 Å². The van der Waals surface area contributed by atoms with Crippen LogP contribution in [0.1, 0.15) is 39.2 Å². The number of anilines is 1. The molecule has 1 fully saturated rings. The number of fused-ring (bicyclic) bond motifs is 1. The van der Waals surface area contributed by atoms with Crippen molar-refractivity contribution in [1.82, 2.24) is 9.97 Å². The molecule has 0 saturated heterocycles. The number of halogens is 2. The van der Waals surface area contributed by atoms with E-state index in [0.29, 0.717) is 28.3 Å². The maximum Gasteiger partial charge on any atom is 0.319 e. The normalized spacial score (nSPS) is 14.6. The van der Waals surface area contributed by atoms with Gasteiger partial charge in [0.1, 0.15) is 17.9 Å². The quantitative estimate of drug-likeness (QED) is 0.657. The molecular weight excluding hydrogens is 401 g/mol. The van der Waals surface area contributed by atoms with Crippen LogP contribution in [-0.2, 0) is 4.74 Å². The largest absolute Gasteiger partial charge is 0.461 e. The van der Waals surface area contributed by atoms with Crippen molar-refractivity contribution in [2.75, 3.05) is 25.7 Å². The molecule has 144 valence electrons. The van der Waals surface area contributed by atoms with Crippen molar-refractivity contribution in [3.8, 4) is 6.01 Å². The number of aromatic nitrogens is 2. The second-order valence-electron chi connectivity index (χ2n) is 6.25. The Morgan fingerprint density at radius 2 is 2.00 bits per heavy atom. The SMILES string of the molecule is CC.COC(C)COc1nc(N(C)C2CC2)c2cc(C)c(Br)c(F)c2n1. The van der Waals surface area contributed by atoms with Gasteiger partial charge in [-0.25, -0.2) is 4.39 Å². The minimum atomic E-state index is -0.387. The van der Waals surface area contributed by atoms with Crippen molar-refractivity contribution in [3.63, 3.8) is 0 Å². The molecule has 7 heteroatoms. The molecule has 1 aliphatic carbocycles. The van der Waals surface area contributed by atoms with Crippen LogP contribution >= 0.6 is 15.9 Å². The molecule has 3 rings (SSSR count). The highest BCUT2D eigenvalue weighted by Crippen LogP contribution is 2.37. The highest BCUT2D eigenvalue weighted by atomic mass is 79.9. The van der Waals surface area contributed by atoms with Crippen molar-refractivity contribution in [2.45, 2.75) is 52.7 Å². The molecule has 1 saturated carbocycles. The summed E-state index contributed by atoms with van der Waals surface area (Å²) in [6.07, 6.45) is 2.15. The fourth-order valence-electron chi connectivity index (χ4n) is 2.52. The van der Waals surface area contributed by atoms with Gasteiger partial charge < -0.3 is 14.4 Å². The van der Waals surface area contributed by atoms with Crippen LogP contribution in [0.5, 0.6) is 6.01 Å². The number of benzene rings is 1. The lowest BCUT2D eigenvalue weighted by Crippen LogP contribution is -2.22. The number of methoxy groups -OCH3 is 1. The Kier molecular flexibility index (Phi) is 7.17. The van der Waals surface area contributed by atoms with Gasteiger partial charge in [-0.3, -0.25) is 0 Å². The summed E-state index contributed by atoms with van der Waals surface area (Å²) in [5.74, 6) is 0.319. The number of hydrogen-bond acceptors (Lipinski definition) is 5. The predicted molar refractivity (Wildman–Crippen MR) is 107 cm³/mol. The van der Waals surface area contributed by atoms with Crippen molar-refractivity contribution in [3.05, 3.63) is 21.9 Å². The smallest absolute Gasteiger partial charge is 0.319 e. The molecular formula is C19H27BrFN3O2. The van der Waals surface area contributed by atoms with Gasteiger partial charge in [0.05, 0.1) is 10.6 Å². The molecule has 5 nitrogen and oxygen atoms in total. The highest BCUT2D eigenvalue weighted by Gasteiger charge is 2.29. The molecule has 1 unspecified atom stereocenters. The predicted octanol–water partition coefficient (Wildman–Crippen LogP) is 4.88. The number of hydrogen-bond donors (Lipinski definition) is 0. The van der Waals surface area contributed by atoms with Crippen molar-refractivity contribution >= 4 is 32.7 Å². The molecule has 1 aromatic carbocycles. The van der Waals surface area contributed by atoms with E-state index in [-0.39, 0.29) is 23.4 Å². The van der Waals surface area contributed by atoms with Crippen LogP contribution in [0.2, 0.25) is 0 Å². The Morgan fingerprint density at radius 3 is 2.58 bits per heavy atom. The second kappa shape index (κ2) is 8.95. The molecule has 1 aromatic heterocycles. The first-order chi connectivity index (χ1) is 12.4. The summed E-state index contributed by atoms with van der Waals surface area (Å²) in [7, 11) is 3.59. The van der Waals surface area contributed by atoms with Crippen LogP contribution in [0, 0.1) is 12.7 Å². The monoisotopic (exact) mass is 427 g/mol. The second-order valence-corrected chi connectivity index (χ2v) is 7.04. The van der Waals surface area contributed by atoms with Gasteiger partial charge in [-0.15, -0.1) is 0 Å². The van der Waals surface area contributed by atoms with Gasteiger partial charge in [0, 0.05) is 25.6 Å². The number of nitrogens with zero attached hydrogens (tertiary/aromatic N) is 3. The topological polar surface area (TPSA) is 47.5 Å². The zero-order chi connectivity index (χ0) is 19.4. The zero-order valence-electron chi connectivity index (χ0n) is 16.3. The van der Waals surface area contributed by atoms with Crippen LogP contribution in [0.3, 0.4) is 0 Å². The maximum atomic E-state index is 14.7. The number of rotatable bonds is 6. The Labute approximate surface area is 163 Å². The fourth-order valence-corrected chi connectivity index (χ4v) is 2.83. The van der Waals surface area contributed by atoms with Crippen LogP contribution in [0.25, 0.3) is 10.9 Å². The van der Waals surface area contributed by atoms with E-state index in [2.05, 4.69) is 30.8 Å². The van der Waals surface area contributed by atoms with E-state index in [4.69, 9.17) is 9.47 Å². The van der Waals surface area contributed by atoms with Gasteiger partial charge in [-0.1, -0.05) is 13.8 Å². The molecule has 1 heterocycles. The summed E-state index contributed by atoms with van der Waals surface area (Å²) < 4.78 is 25.9. The molecule has 0 aliphatic heterocycles. The summed E-state index contributed by atoms with van der Waals surface area (Å²) in [5.41, 5.74) is 1.08. The number of ether oxygens (including phenoxy) is 2. The third-order valence-electron chi connectivity index (χ3n) is 4.29. The summed E-state index contributed by atoms with van der Waals surface area (Å²) in [6.45, 7) is 8.06. The first kappa shape index (κ1) is 20.8. The van der Waals surface area contributed by atoms with Crippen molar-refractivity contribution in [2.24, 2.45) is 0 Å². The fraction of sp³-hybridized carbons (Fsp3) is 0.579. The van der Waals surface area contributed by atoms with Gasteiger partial charge in [0.2, 0.25) is 0 Å². The Morgan fingerprint density at radius 1 is 1.35 bits per heavy atom. The lowest BCUT2D eigenvalue weighted by molar-refractivity contribution is 0.0682. The summed E-state index contributed by atoms with van der Waals surface area (Å²) in [4.78, 5) is 10.9. The molecule has 26 heavy (non-hydrogen) atoms. The van der Waals surface area contributed by atoms with E-state index in [9.17, 15) is 4.39 Å². The minimum Gasteiger partial charge on any atom is -0.461 e. The Hall–Kier alpha value is -1.47. The van der Waals surface area contributed by atoms with Crippen LogP contribution in [0.4, 0.5) is 10.2 Å².